The van der Waals surface area contributed by atoms with E-state index in [0.717, 1.165) is 35.0 Å². The number of rotatable bonds is 9. The van der Waals surface area contributed by atoms with E-state index in [2.05, 4.69) is 10.4 Å². The number of hydrogen-bond acceptors (Lipinski definition) is 4. The Kier molecular flexibility index (Phi) is 6.14. The molecule has 1 N–H and O–H groups in total. The van der Waals surface area contributed by atoms with Crippen LogP contribution in [0.2, 0.25) is 0 Å². The zero-order valence-electron chi connectivity index (χ0n) is 16.2. The average molecular weight is 409 g/mol. The highest BCUT2D eigenvalue weighted by Gasteiger charge is 2.31. The van der Waals surface area contributed by atoms with E-state index >= 15 is 0 Å². The van der Waals surface area contributed by atoms with E-state index in [-0.39, 0.29) is 11.6 Å². The van der Waals surface area contributed by atoms with Crippen molar-refractivity contribution in [1.82, 2.24) is 19.7 Å². The summed E-state index contributed by atoms with van der Waals surface area (Å²) >= 11 is 1.66. The molecule has 1 heterocycles. The number of carbonyl (C=O) groups is 1. The first-order valence-electron chi connectivity index (χ1n) is 9.92. The molecule has 29 heavy (non-hydrogen) atoms. The molecule has 1 aromatic heterocycles. The van der Waals surface area contributed by atoms with Gasteiger partial charge in [-0.1, -0.05) is 36.4 Å². The van der Waals surface area contributed by atoms with Gasteiger partial charge in [0.1, 0.15) is 5.82 Å². The van der Waals surface area contributed by atoms with Gasteiger partial charge in [-0.3, -0.25) is 4.79 Å². The lowest BCUT2D eigenvalue weighted by atomic mass is 10.3. The Hall–Kier alpha value is -2.80. The molecule has 3 aromatic rings. The molecule has 1 amide bonds. The number of nitrogens with zero attached hydrogens (tertiary/aromatic N) is 3. The van der Waals surface area contributed by atoms with Crippen LogP contribution < -0.4 is 11.0 Å². The molecule has 4 rings (SSSR count). The van der Waals surface area contributed by atoms with E-state index in [1.165, 1.54) is 4.68 Å². The summed E-state index contributed by atoms with van der Waals surface area (Å²) in [4.78, 5) is 26.1. The Morgan fingerprint density at radius 3 is 2.45 bits per heavy atom. The monoisotopic (exact) mass is 408 g/mol. The third kappa shape index (κ3) is 4.98. The predicted octanol–water partition coefficient (Wildman–Crippen LogP) is 3.21. The van der Waals surface area contributed by atoms with Gasteiger partial charge in [0.05, 0.1) is 12.2 Å². The van der Waals surface area contributed by atoms with Gasteiger partial charge in [-0.2, -0.15) is 5.10 Å². The topological polar surface area (TPSA) is 68.9 Å². The van der Waals surface area contributed by atoms with Gasteiger partial charge in [0.2, 0.25) is 5.91 Å². The van der Waals surface area contributed by atoms with Crippen LogP contribution in [0.3, 0.4) is 0 Å². The van der Waals surface area contributed by atoms with Gasteiger partial charge in [0, 0.05) is 29.5 Å². The second kappa shape index (κ2) is 9.13. The Morgan fingerprint density at radius 2 is 1.76 bits per heavy atom. The molecule has 1 saturated carbocycles. The molecule has 1 aliphatic carbocycles. The molecule has 2 aromatic carbocycles. The predicted molar refractivity (Wildman–Crippen MR) is 115 cm³/mol. The molecular weight excluding hydrogens is 384 g/mol. The molecular formula is C22H24N4O2S. The molecule has 1 fully saturated rings. The summed E-state index contributed by atoms with van der Waals surface area (Å²) in [7, 11) is 0. The van der Waals surface area contributed by atoms with Gasteiger partial charge in [0.25, 0.3) is 0 Å². The molecule has 0 saturated heterocycles. The lowest BCUT2D eigenvalue weighted by molar-refractivity contribution is -0.120. The molecule has 0 spiro atoms. The van der Waals surface area contributed by atoms with E-state index in [1.54, 1.807) is 16.3 Å². The van der Waals surface area contributed by atoms with Crippen molar-refractivity contribution in [3.8, 4) is 5.69 Å². The second-order valence-electron chi connectivity index (χ2n) is 7.07. The van der Waals surface area contributed by atoms with Crippen molar-refractivity contribution in [3.05, 3.63) is 77.0 Å². The lowest BCUT2D eigenvalue weighted by Crippen LogP contribution is -2.32. The van der Waals surface area contributed by atoms with E-state index in [0.29, 0.717) is 25.4 Å². The van der Waals surface area contributed by atoms with Crippen molar-refractivity contribution < 1.29 is 4.79 Å². The molecule has 150 valence electrons. The van der Waals surface area contributed by atoms with Gasteiger partial charge in [-0.05, 0) is 37.1 Å². The van der Waals surface area contributed by atoms with Gasteiger partial charge < -0.3 is 5.32 Å². The summed E-state index contributed by atoms with van der Waals surface area (Å²) in [6, 6.07) is 19.7. The molecule has 0 bridgehead atoms. The zero-order valence-corrected chi connectivity index (χ0v) is 17.0. The number of benzene rings is 2. The third-order valence-corrected chi connectivity index (χ3v) is 5.82. The van der Waals surface area contributed by atoms with Crippen LogP contribution in [0.1, 0.15) is 31.0 Å². The minimum Gasteiger partial charge on any atom is -0.354 e. The number of hydrogen-bond donors (Lipinski definition) is 1. The number of amides is 1. The standard InChI is InChI=1S/C22H24N4O2S/c27-20(13-16-29-19-9-5-2-6-10-19)23-14-15-25-22(28)26(18-7-3-1-4-8-18)21(24-25)17-11-12-17/h1-10,17H,11-16H2,(H,23,27). The first kappa shape index (κ1) is 19.5. The van der Waals surface area contributed by atoms with Crippen LogP contribution >= 0.6 is 11.8 Å². The molecule has 7 heteroatoms. The number of nitrogens with one attached hydrogen (secondary N) is 1. The van der Waals surface area contributed by atoms with Crippen molar-refractivity contribution in [3.63, 3.8) is 0 Å². The van der Waals surface area contributed by atoms with Crippen LogP contribution in [-0.2, 0) is 11.3 Å². The maximum absolute atomic E-state index is 12.9. The Morgan fingerprint density at radius 1 is 1.07 bits per heavy atom. The van der Waals surface area contributed by atoms with Crippen LogP contribution in [0, 0.1) is 0 Å². The zero-order chi connectivity index (χ0) is 20.1. The SMILES string of the molecule is O=C(CCSc1ccccc1)NCCn1nc(C2CC2)n(-c2ccccc2)c1=O. The Labute approximate surface area is 173 Å². The minimum atomic E-state index is -0.146. The minimum absolute atomic E-state index is 0.00797. The number of para-hydroxylation sites is 1. The fourth-order valence-corrected chi connectivity index (χ4v) is 4.04. The van der Waals surface area contributed by atoms with Crippen molar-refractivity contribution in [2.24, 2.45) is 0 Å². The Balaban J connectivity index is 1.32. The maximum atomic E-state index is 12.9. The molecule has 0 radical (unpaired) electrons. The lowest BCUT2D eigenvalue weighted by Gasteiger charge is -2.05. The largest absolute Gasteiger partial charge is 0.354 e. The van der Waals surface area contributed by atoms with E-state index in [4.69, 9.17) is 0 Å². The fraction of sp³-hybridized carbons (Fsp3) is 0.318. The van der Waals surface area contributed by atoms with Gasteiger partial charge >= 0.3 is 5.69 Å². The quantitative estimate of drug-likeness (QED) is 0.552. The van der Waals surface area contributed by atoms with Crippen LogP contribution in [0.25, 0.3) is 5.69 Å². The van der Waals surface area contributed by atoms with E-state index in [9.17, 15) is 9.59 Å². The summed E-state index contributed by atoms with van der Waals surface area (Å²) in [5, 5.41) is 7.46. The summed E-state index contributed by atoms with van der Waals surface area (Å²) in [5.41, 5.74) is 0.694. The molecule has 0 unspecified atom stereocenters. The third-order valence-electron chi connectivity index (χ3n) is 4.81. The fourth-order valence-electron chi connectivity index (χ4n) is 3.16. The van der Waals surface area contributed by atoms with Gasteiger partial charge in [-0.15, -0.1) is 11.8 Å². The normalized spacial score (nSPS) is 13.4. The smallest absolute Gasteiger partial charge is 0.350 e. The number of carbonyl (C=O) groups excluding carboxylic acids is 1. The second-order valence-corrected chi connectivity index (χ2v) is 8.24. The van der Waals surface area contributed by atoms with Crippen molar-refractivity contribution >= 4 is 17.7 Å². The summed E-state index contributed by atoms with van der Waals surface area (Å²) < 4.78 is 3.18. The summed E-state index contributed by atoms with van der Waals surface area (Å²) in [6.07, 6.45) is 2.58. The molecule has 0 aliphatic heterocycles. The number of aromatic nitrogens is 3. The summed E-state index contributed by atoms with van der Waals surface area (Å²) in [6.45, 7) is 0.764. The highest BCUT2D eigenvalue weighted by Crippen LogP contribution is 2.39. The van der Waals surface area contributed by atoms with Crippen LogP contribution in [0.5, 0.6) is 0 Å². The first-order valence-corrected chi connectivity index (χ1v) is 10.9. The molecule has 0 atom stereocenters. The highest BCUT2D eigenvalue weighted by atomic mass is 32.2. The maximum Gasteiger partial charge on any atom is 0.350 e. The first-order chi connectivity index (χ1) is 14.2. The van der Waals surface area contributed by atoms with Crippen molar-refractivity contribution in [1.29, 1.82) is 0 Å². The highest BCUT2D eigenvalue weighted by molar-refractivity contribution is 7.99. The van der Waals surface area contributed by atoms with Crippen LogP contribution in [0.4, 0.5) is 0 Å². The van der Waals surface area contributed by atoms with Gasteiger partial charge in [0.15, 0.2) is 0 Å². The molecule has 1 aliphatic rings. The molecule has 6 nitrogen and oxygen atoms in total. The van der Waals surface area contributed by atoms with Crippen molar-refractivity contribution in [2.45, 2.75) is 36.6 Å². The van der Waals surface area contributed by atoms with Crippen molar-refractivity contribution in [2.75, 3.05) is 12.3 Å². The van der Waals surface area contributed by atoms with Crippen LogP contribution in [0.15, 0.2) is 70.4 Å². The average Bonchev–Trinajstić information content (AvgIpc) is 3.54. The summed E-state index contributed by atoms with van der Waals surface area (Å²) in [5.74, 6) is 1.90. The van der Waals surface area contributed by atoms with Crippen LogP contribution in [-0.4, -0.2) is 32.6 Å². The number of thioether (sulfide) groups is 1. The van der Waals surface area contributed by atoms with Gasteiger partial charge in [-0.25, -0.2) is 14.0 Å². The van der Waals surface area contributed by atoms with E-state index < -0.39 is 0 Å². The van der Waals surface area contributed by atoms with E-state index in [1.807, 2.05) is 60.7 Å². The Bertz CT molecular complexity index is 1010.